The van der Waals surface area contributed by atoms with Gasteiger partial charge in [0.15, 0.2) is 0 Å². The standard InChI is InChI=1S/C17H17ClO4S/c1-12(2)10-14-11-15(23(18,20)21)8-9-16(14)22-17(19)13-6-4-3-5-7-13/h3-9,11-12H,10H2,1-2H3. The highest BCUT2D eigenvalue weighted by Crippen LogP contribution is 2.27. The number of rotatable bonds is 5. The normalized spacial score (nSPS) is 11.5. The quantitative estimate of drug-likeness (QED) is 0.463. The van der Waals surface area contributed by atoms with Crippen LogP contribution in [0.2, 0.25) is 0 Å². The average molecular weight is 353 g/mol. The van der Waals surface area contributed by atoms with E-state index < -0.39 is 15.0 Å². The Kier molecular flexibility index (Phi) is 5.44. The monoisotopic (exact) mass is 352 g/mol. The Morgan fingerprint density at radius 3 is 2.35 bits per heavy atom. The summed E-state index contributed by atoms with van der Waals surface area (Å²) in [5.74, 6) is 0.117. The van der Waals surface area contributed by atoms with E-state index in [0.717, 1.165) is 0 Å². The lowest BCUT2D eigenvalue weighted by molar-refractivity contribution is 0.0732. The highest BCUT2D eigenvalue weighted by Gasteiger charge is 2.17. The van der Waals surface area contributed by atoms with Gasteiger partial charge in [-0.25, -0.2) is 13.2 Å². The second-order valence-corrected chi connectivity index (χ2v) is 8.13. The van der Waals surface area contributed by atoms with E-state index in [4.69, 9.17) is 15.4 Å². The fourth-order valence-corrected chi connectivity index (χ4v) is 2.94. The van der Waals surface area contributed by atoms with E-state index >= 15 is 0 Å². The molecule has 0 aromatic heterocycles. The molecule has 0 saturated heterocycles. The summed E-state index contributed by atoms with van der Waals surface area (Å²) < 4.78 is 28.4. The predicted octanol–water partition coefficient (Wildman–Crippen LogP) is 4.03. The smallest absolute Gasteiger partial charge is 0.343 e. The molecule has 0 aliphatic rings. The van der Waals surface area contributed by atoms with Gasteiger partial charge in [0.2, 0.25) is 0 Å². The van der Waals surface area contributed by atoms with Crippen LogP contribution in [0.25, 0.3) is 0 Å². The Morgan fingerprint density at radius 1 is 1.13 bits per heavy atom. The van der Waals surface area contributed by atoms with Gasteiger partial charge in [-0.15, -0.1) is 0 Å². The number of benzene rings is 2. The first-order chi connectivity index (χ1) is 10.8. The van der Waals surface area contributed by atoms with E-state index in [1.165, 1.54) is 18.2 Å². The predicted molar refractivity (Wildman–Crippen MR) is 89.4 cm³/mol. The van der Waals surface area contributed by atoms with E-state index in [1.54, 1.807) is 30.3 Å². The molecule has 0 saturated carbocycles. The van der Waals surface area contributed by atoms with Gasteiger partial charge in [0.25, 0.3) is 9.05 Å². The van der Waals surface area contributed by atoms with Crippen molar-refractivity contribution in [2.75, 3.05) is 0 Å². The van der Waals surface area contributed by atoms with E-state index in [9.17, 15) is 13.2 Å². The van der Waals surface area contributed by atoms with Crippen LogP contribution < -0.4 is 4.74 Å². The molecular formula is C17H17ClO4S. The van der Waals surface area contributed by atoms with Gasteiger partial charge in [-0.3, -0.25) is 0 Å². The minimum atomic E-state index is -3.83. The number of carbonyl (C=O) groups excluding carboxylic acids is 1. The molecule has 6 heteroatoms. The second-order valence-electron chi connectivity index (χ2n) is 5.56. The Balaban J connectivity index is 2.35. The van der Waals surface area contributed by atoms with Gasteiger partial charge in [0.05, 0.1) is 10.5 Å². The van der Waals surface area contributed by atoms with Crippen molar-refractivity contribution in [2.45, 2.75) is 25.2 Å². The number of hydrogen-bond donors (Lipinski definition) is 0. The first-order valence-electron chi connectivity index (χ1n) is 7.12. The summed E-state index contributed by atoms with van der Waals surface area (Å²) in [6.45, 7) is 3.98. The van der Waals surface area contributed by atoms with Gasteiger partial charge < -0.3 is 4.74 Å². The molecule has 0 heterocycles. The Morgan fingerprint density at radius 2 is 1.78 bits per heavy atom. The molecule has 0 fully saturated rings. The lowest BCUT2D eigenvalue weighted by Crippen LogP contribution is -2.11. The van der Waals surface area contributed by atoms with Crippen molar-refractivity contribution in [3.05, 3.63) is 59.7 Å². The van der Waals surface area contributed by atoms with Crippen LogP contribution in [-0.4, -0.2) is 14.4 Å². The highest BCUT2D eigenvalue weighted by atomic mass is 35.7. The molecule has 0 spiro atoms. The summed E-state index contributed by atoms with van der Waals surface area (Å²) >= 11 is 0. The molecule has 4 nitrogen and oxygen atoms in total. The third-order valence-corrected chi connectivity index (χ3v) is 4.51. The van der Waals surface area contributed by atoms with Gasteiger partial charge in [-0.2, -0.15) is 0 Å². The van der Waals surface area contributed by atoms with Crippen LogP contribution in [0, 0.1) is 5.92 Å². The summed E-state index contributed by atoms with van der Waals surface area (Å²) in [5.41, 5.74) is 1.06. The molecule has 0 radical (unpaired) electrons. The molecule has 0 N–H and O–H groups in total. The molecule has 0 unspecified atom stereocenters. The number of esters is 1. The Bertz CT molecular complexity index is 799. The molecule has 0 aliphatic carbocycles. The summed E-state index contributed by atoms with van der Waals surface area (Å²) in [6.07, 6.45) is 0.567. The van der Waals surface area contributed by atoms with Gasteiger partial charge in [0, 0.05) is 10.7 Å². The Hall–Kier alpha value is -1.85. The SMILES string of the molecule is CC(C)Cc1cc(S(=O)(=O)Cl)ccc1OC(=O)c1ccccc1. The zero-order valence-electron chi connectivity index (χ0n) is 12.8. The highest BCUT2D eigenvalue weighted by molar-refractivity contribution is 8.13. The van der Waals surface area contributed by atoms with Gasteiger partial charge >= 0.3 is 5.97 Å². The third kappa shape index (κ3) is 4.81. The van der Waals surface area contributed by atoms with Crippen molar-refractivity contribution < 1.29 is 17.9 Å². The zero-order chi connectivity index (χ0) is 17.0. The van der Waals surface area contributed by atoms with Crippen LogP contribution in [0.15, 0.2) is 53.4 Å². The molecule has 2 aromatic carbocycles. The van der Waals surface area contributed by atoms with Gasteiger partial charge in [-0.05, 0) is 48.2 Å². The van der Waals surface area contributed by atoms with Crippen LogP contribution in [0.1, 0.15) is 29.8 Å². The minimum Gasteiger partial charge on any atom is -0.423 e. The summed E-state index contributed by atoms with van der Waals surface area (Å²) in [4.78, 5) is 12.2. The Labute approximate surface area is 140 Å². The molecule has 0 atom stereocenters. The molecule has 122 valence electrons. The molecule has 2 rings (SSSR count). The molecule has 23 heavy (non-hydrogen) atoms. The van der Waals surface area contributed by atoms with E-state index in [1.807, 2.05) is 13.8 Å². The molecule has 0 bridgehead atoms. The first-order valence-corrected chi connectivity index (χ1v) is 9.43. The van der Waals surface area contributed by atoms with E-state index in [0.29, 0.717) is 23.3 Å². The second kappa shape index (κ2) is 7.15. The lowest BCUT2D eigenvalue weighted by Gasteiger charge is -2.13. The maximum absolute atomic E-state index is 12.2. The maximum Gasteiger partial charge on any atom is 0.343 e. The van der Waals surface area contributed by atoms with Crippen molar-refractivity contribution in [1.29, 1.82) is 0 Å². The maximum atomic E-state index is 12.2. The average Bonchev–Trinajstić information content (AvgIpc) is 2.48. The number of carbonyl (C=O) groups is 1. The van der Waals surface area contributed by atoms with Crippen LogP contribution in [0.5, 0.6) is 5.75 Å². The molecule has 0 aliphatic heterocycles. The lowest BCUT2D eigenvalue weighted by atomic mass is 10.0. The van der Waals surface area contributed by atoms with Crippen LogP contribution in [-0.2, 0) is 15.5 Å². The van der Waals surface area contributed by atoms with E-state index in [2.05, 4.69) is 0 Å². The summed E-state index contributed by atoms with van der Waals surface area (Å²) in [7, 11) is 1.56. The first kappa shape index (κ1) is 17.5. The van der Waals surface area contributed by atoms with Crippen molar-refractivity contribution in [1.82, 2.24) is 0 Å². The van der Waals surface area contributed by atoms with Gasteiger partial charge in [-0.1, -0.05) is 32.0 Å². The number of ether oxygens (including phenoxy) is 1. The van der Waals surface area contributed by atoms with Crippen LogP contribution >= 0.6 is 10.7 Å². The van der Waals surface area contributed by atoms with Gasteiger partial charge in [0.1, 0.15) is 5.75 Å². The van der Waals surface area contributed by atoms with Crippen molar-refractivity contribution in [2.24, 2.45) is 5.92 Å². The third-order valence-electron chi connectivity index (χ3n) is 3.15. The molecule has 0 amide bonds. The number of hydrogen-bond acceptors (Lipinski definition) is 4. The summed E-state index contributed by atoms with van der Waals surface area (Å²) in [5, 5.41) is 0. The summed E-state index contributed by atoms with van der Waals surface area (Å²) in [6, 6.07) is 12.9. The van der Waals surface area contributed by atoms with Crippen LogP contribution in [0.3, 0.4) is 0 Å². The van der Waals surface area contributed by atoms with Crippen LogP contribution in [0.4, 0.5) is 0 Å². The molecule has 2 aromatic rings. The zero-order valence-corrected chi connectivity index (χ0v) is 14.4. The fourth-order valence-electron chi connectivity index (χ4n) is 2.14. The topological polar surface area (TPSA) is 60.4 Å². The fraction of sp³-hybridized carbons (Fsp3) is 0.235. The largest absolute Gasteiger partial charge is 0.423 e. The number of halogens is 1. The van der Waals surface area contributed by atoms with Crippen molar-refractivity contribution in [3.8, 4) is 5.75 Å². The van der Waals surface area contributed by atoms with Crippen molar-refractivity contribution in [3.63, 3.8) is 0 Å². The van der Waals surface area contributed by atoms with Crippen molar-refractivity contribution >= 4 is 25.7 Å². The van der Waals surface area contributed by atoms with E-state index in [-0.39, 0.29) is 10.8 Å². The molecular weight excluding hydrogens is 336 g/mol. The minimum absolute atomic E-state index is 0.00525.